The molecule has 114 valence electrons. The van der Waals surface area contributed by atoms with E-state index in [2.05, 4.69) is 5.10 Å². The zero-order valence-electron chi connectivity index (χ0n) is 12.0. The second kappa shape index (κ2) is 6.17. The maximum atomic E-state index is 11.6. The number of benzene rings is 1. The first-order chi connectivity index (χ1) is 10.4. The van der Waals surface area contributed by atoms with Crippen molar-refractivity contribution in [1.82, 2.24) is 9.78 Å². The summed E-state index contributed by atoms with van der Waals surface area (Å²) in [7, 11) is 0. The highest BCUT2D eigenvalue weighted by atomic mass is 16.6. The van der Waals surface area contributed by atoms with Gasteiger partial charge in [0, 0.05) is 38.0 Å². The molecular weight excluding hydrogens is 290 g/mol. The van der Waals surface area contributed by atoms with Crippen molar-refractivity contribution in [3.63, 3.8) is 0 Å². The van der Waals surface area contributed by atoms with E-state index in [4.69, 9.17) is 4.74 Å². The van der Waals surface area contributed by atoms with Gasteiger partial charge in [0.05, 0.1) is 10.6 Å². The quantitative estimate of drug-likeness (QED) is 0.486. The lowest BCUT2D eigenvalue weighted by atomic mass is 10.1. The molecule has 1 heterocycles. The number of para-hydroxylation sites is 1. The van der Waals surface area contributed by atoms with E-state index in [-0.39, 0.29) is 23.9 Å². The molecule has 0 amide bonds. The minimum absolute atomic E-state index is 0.0173. The molecule has 0 radical (unpaired) electrons. The van der Waals surface area contributed by atoms with Crippen molar-refractivity contribution in [2.45, 2.75) is 20.3 Å². The summed E-state index contributed by atoms with van der Waals surface area (Å²) < 4.78 is 5.91. The molecule has 22 heavy (non-hydrogen) atoms. The van der Waals surface area contributed by atoms with E-state index < -0.39 is 10.9 Å². The van der Waals surface area contributed by atoms with Crippen LogP contribution < -0.4 is 4.74 Å². The van der Waals surface area contributed by atoms with E-state index in [0.29, 0.717) is 11.3 Å². The monoisotopic (exact) mass is 303 g/mol. The fraction of sp³-hybridized carbons (Fsp3) is 0.214. The molecule has 0 spiro atoms. The topological polar surface area (TPSA) is 104 Å². The van der Waals surface area contributed by atoms with Crippen LogP contribution in [0.1, 0.15) is 29.9 Å². The van der Waals surface area contributed by atoms with Crippen molar-refractivity contribution in [1.29, 1.82) is 0 Å². The zero-order valence-corrected chi connectivity index (χ0v) is 12.0. The van der Waals surface area contributed by atoms with E-state index >= 15 is 0 Å². The first-order valence-electron chi connectivity index (χ1n) is 6.39. The van der Waals surface area contributed by atoms with Crippen molar-refractivity contribution in [3.8, 4) is 5.88 Å². The molecule has 0 N–H and O–H groups in total. The molecule has 1 aromatic heterocycles. The van der Waals surface area contributed by atoms with Gasteiger partial charge in [-0.15, -0.1) is 5.10 Å². The fourth-order valence-electron chi connectivity index (χ4n) is 2.02. The highest BCUT2D eigenvalue weighted by molar-refractivity contribution is 5.76. The molecule has 1 aromatic carbocycles. The zero-order chi connectivity index (χ0) is 16.3. The number of aromatic nitrogens is 2. The summed E-state index contributed by atoms with van der Waals surface area (Å²) in [6, 6.07) is 7.63. The number of nitrogens with zero attached hydrogens (tertiary/aromatic N) is 3. The van der Waals surface area contributed by atoms with Crippen LogP contribution in [0, 0.1) is 10.1 Å². The van der Waals surface area contributed by atoms with Crippen molar-refractivity contribution >= 4 is 17.6 Å². The summed E-state index contributed by atoms with van der Waals surface area (Å²) in [5.74, 6) is -0.964. The summed E-state index contributed by atoms with van der Waals surface area (Å²) in [5.41, 5.74) is 0.787. The molecule has 0 saturated carbocycles. The Hall–Kier alpha value is -3.03. The number of nitro benzene ring substituents is 1. The van der Waals surface area contributed by atoms with Crippen LogP contribution in [-0.2, 0) is 11.2 Å². The Morgan fingerprint density at radius 1 is 1.32 bits per heavy atom. The van der Waals surface area contributed by atoms with Gasteiger partial charge in [0.2, 0.25) is 11.8 Å². The van der Waals surface area contributed by atoms with E-state index in [9.17, 15) is 19.7 Å². The standard InChI is InChI=1S/C14H13N3O5/c1-9(18)16-12(8-14(15-16)22-10(2)19)7-11-5-3-4-6-13(11)17(20)21/h3-6,8H,7H2,1-2H3. The molecule has 0 aliphatic rings. The number of hydrogen-bond acceptors (Lipinski definition) is 6. The van der Waals surface area contributed by atoms with Gasteiger partial charge < -0.3 is 4.74 Å². The van der Waals surface area contributed by atoms with Gasteiger partial charge >= 0.3 is 5.97 Å². The van der Waals surface area contributed by atoms with Crippen LogP contribution in [0.15, 0.2) is 30.3 Å². The molecule has 8 heteroatoms. The molecule has 0 aliphatic carbocycles. The third-order valence-corrected chi connectivity index (χ3v) is 2.87. The Bertz CT molecular complexity index is 751. The molecule has 8 nitrogen and oxygen atoms in total. The van der Waals surface area contributed by atoms with E-state index in [1.54, 1.807) is 18.2 Å². The molecule has 2 rings (SSSR count). The second-order valence-electron chi connectivity index (χ2n) is 4.56. The first kappa shape index (κ1) is 15.4. The average molecular weight is 303 g/mol. The summed E-state index contributed by atoms with van der Waals surface area (Å²) >= 11 is 0. The Morgan fingerprint density at radius 3 is 2.59 bits per heavy atom. The molecule has 2 aromatic rings. The summed E-state index contributed by atoms with van der Waals surface area (Å²) in [5, 5.41) is 14.9. The van der Waals surface area contributed by atoms with Crippen LogP contribution in [-0.4, -0.2) is 26.6 Å². The molecule has 0 fully saturated rings. The lowest BCUT2D eigenvalue weighted by molar-refractivity contribution is -0.385. The molecule has 0 bridgehead atoms. The van der Waals surface area contributed by atoms with Gasteiger partial charge in [-0.1, -0.05) is 18.2 Å². The smallest absolute Gasteiger partial charge is 0.309 e. The maximum Gasteiger partial charge on any atom is 0.309 e. The Morgan fingerprint density at radius 2 is 2.00 bits per heavy atom. The van der Waals surface area contributed by atoms with Gasteiger partial charge in [-0.05, 0) is 0 Å². The normalized spacial score (nSPS) is 10.3. The Balaban J connectivity index is 2.40. The lowest BCUT2D eigenvalue weighted by Crippen LogP contribution is -2.12. The summed E-state index contributed by atoms with van der Waals surface area (Å²) in [4.78, 5) is 33.1. The van der Waals surface area contributed by atoms with Crippen molar-refractivity contribution in [2.75, 3.05) is 0 Å². The lowest BCUT2D eigenvalue weighted by Gasteiger charge is -2.04. The van der Waals surface area contributed by atoms with Crippen LogP contribution in [0.25, 0.3) is 0 Å². The number of carbonyl (C=O) groups is 2. The number of hydrogen-bond donors (Lipinski definition) is 0. The van der Waals surface area contributed by atoms with E-state index in [1.165, 1.54) is 26.0 Å². The summed E-state index contributed by atoms with van der Waals surface area (Å²) in [6.07, 6.45) is 0.116. The number of esters is 1. The van der Waals surface area contributed by atoms with Crippen molar-refractivity contribution in [2.24, 2.45) is 0 Å². The van der Waals surface area contributed by atoms with Crippen LogP contribution >= 0.6 is 0 Å². The average Bonchev–Trinajstić information content (AvgIpc) is 2.81. The Kier molecular flexibility index (Phi) is 4.31. The number of ether oxygens (including phenoxy) is 1. The highest BCUT2D eigenvalue weighted by Crippen LogP contribution is 2.23. The largest absolute Gasteiger partial charge is 0.406 e. The maximum absolute atomic E-state index is 11.6. The predicted molar refractivity (Wildman–Crippen MR) is 75.7 cm³/mol. The number of nitro groups is 1. The van der Waals surface area contributed by atoms with E-state index in [1.807, 2.05) is 0 Å². The third-order valence-electron chi connectivity index (χ3n) is 2.87. The van der Waals surface area contributed by atoms with Crippen LogP contribution in [0.3, 0.4) is 0 Å². The SMILES string of the molecule is CC(=O)Oc1cc(Cc2ccccc2[N+](=O)[O-])n(C(C)=O)n1. The molecular formula is C14H13N3O5. The Labute approximate surface area is 125 Å². The van der Waals surface area contributed by atoms with Crippen molar-refractivity contribution < 1.29 is 19.2 Å². The van der Waals surface area contributed by atoms with Gasteiger partial charge in [-0.3, -0.25) is 19.7 Å². The minimum atomic E-state index is -0.564. The predicted octanol–water partition coefficient (Wildman–Crippen LogP) is 1.97. The number of carbonyl (C=O) groups excluding carboxylic acids is 2. The first-order valence-corrected chi connectivity index (χ1v) is 6.39. The fourth-order valence-corrected chi connectivity index (χ4v) is 2.02. The van der Waals surface area contributed by atoms with Gasteiger partial charge in [-0.25, -0.2) is 4.68 Å². The summed E-state index contributed by atoms with van der Waals surface area (Å²) in [6.45, 7) is 2.52. The highest BCUT2D eigenvalue weighted by Gasteiger charge is 2.18. The second-order valence-corrected chi connectivity index (χ2v) is 4.56. The van der Waals surface area contributed by atoms with Gasteiger partial charge in [0.15, 0.2) is 0 Å². The number of rotatable bonds is 4. The molecule has 0 saturated heterocycles. The third kappa shape index (κ3) is 3.35. The van der Waals surface area contributed by atoms with E-state index in [0.717, 1.165) is 4.68 Å². The van der Waals surface area contributed by atoms with Gasteiger partial charge in [-0.2, -0.15) is 0 Å². The van der Waals surface area contributed by atoms with Crippen LogP contribution in [0.4, 0.5) is 5.69 Å². The molecule has 0 aliphatic heterocycles. The van der Waals surface area contributed by atoms with Crippen LogP contribution in [0.2, 0.25) is 0 Å². The van der Waals surface area contributed by atoms with Gasteiger partial charge in [0.1, 0.15) is 0 Å². The minimum Gasteiger partial charge on any atom is -0.406 e. The molecule has 0 unspecified atom stereocenters. The van der Waals surface area contributed by atoms with Crippen LogP contribution in [0.5, 0.6) is 5.88 Å². The van der Waals surface area contributed by atoms with Crippen molar-refractivity contribution in [3.05, 3.63) is 51.7 Å². The van der Waals surface area contributed by atoms with Gasteiger partial charge in [0.25, 0.3) is 5.69 Å². The molecule has 0 atom stereocenters.